The summed E-state index contributed by atoms with van der Waals surface area (Å²) in [4.78, 5) is 0. The average molecular weight is 304 g/mol. The highest BCUT2D eigenvalue weighted by Gasteiger charge is 2.50. The first kappa shape index (κ1) is 15.6. The number of para-hydroxylation sites is 2. The summed E-state index contributed by atoms with van der Waals surface area (Å²) in [5.41, 5.74) is 1.99. The molecule has 2 rings (SSSR count). The topological polar surface area (TPSA) is 36.9 Å². The van der Waals surface area contributed by atoms with E-state index in [4.69, 9.17) is 17.7 Å². The molecule has 2 aromatic carbocycles. The van der Waals surface area contributed by atoms with Crippen molar-refractivity contribution in [2.24, 2.45) is 0 Å². The molecule has 0 heterocycles. The number of hydrogen-bond donors (Lipinski definition) is 0. The van der Waals surface area contributed by atoms with Gasteiger partial charge in [-0.3, -0.25) is 0 Å². The van der Waals surface area contributed by atoms with E-state index in [2.05, 4.69) is 0 Å². The van der Waals surface area contributed by atoms with Gasteiger partial charge in [0.1, 0.15) is 11.5 Å². The predicted octanol–water partition coefficient (Wildman–Crippen LogP) is 3.49. The van der Waals surface area contributed by atoms with Crippen LogP contribution in [-0.2, 0) is 8.85 Å². The number of aryl methyl sites for hydroxylation is 2. The van der Waals surface area contributed by atoms with Gasteiger partial charge in [-0.2, -0.15) is 0 Å². The van der Waals surface area contributed by atoms with E-state index in [1.165, 1.54) is 14.2 Å². The Hall–Kier alpha value is -1.82. The van der Waals surface area contributed by atoms with Gasteiger partial charge in [-0.05, 0) is 37.1 Å². The third-order valence-electron chi connectivity index (χ3n) is 3.16. The molecule has 0 aliphatic heterocycles. The molecular formula is C16H20O4Si. The maximum absolute atomic E-state index is 5.96. The highest BCUT2D eigenvalue weighted by atomic mass is 28.4. The van der Waals surface area contributed by atoms with Crippen LogP contribution in [0.4, 0.5) is 0 Å². The van der Waals surface area contributed by atoms with Crippen LogP contribution in [0.3, 0.4) is 0 Å². The van der Waals surface area contributed by atoms with E-state index in [-0.39, 0.29) is 0 Å². The Morgan fingerprint density at radius 1 is 0.667 bits per heavy atom. The van der Waals surface area contributed by atoms with Crippen LogP contribution >= 0.6 is 0 Å². The standard InChI is InChI=1S/C16H20O4Si/c1-13-9-5-7-11-15(13)19-21(17-3,18-4)20-16-12-8-6-10-14(16)2/h5-12H,1-4H3. The molecule has 5 heteroatoms. The summed E-state index contributed by atoms with van der Waals surface area (Å²) in [6, 6.07) is 15.4. The van der Waals surface area contributed by atoms with Crippen LogP contribution in [0.15, 0.2) is 48.5 Å². The van der Waals surface area contributed by atoms with Crippen molar-refractivity contribution in [1.29, 1.82) is 0 Å². The SMILES string of the molecule is CO[Si](OC)(Oc1ccccc1C)Oc1ccccc1C. The van der Waals surface area contributed by atoms with E-state index < -0.39 is 9.05 Å². The molecule has 0 aromatic heterocycles. The van der Waals surface area contributed by atoms with E-state index >= 15 is 0 Å². The zero-order chi connectivity index (χ0) is 15.3. The Morgan fingerprint density at radius 3 is 1.38 bits per heavy atom. The normalized spacial score (nSPS) is 11.2. The van der Waals surface area contributed by atoms with Gasteiger partial charge in [0, 0.05) is 14.2 Å². The van der Waals surface area contributed by atoms with Gasteiger partial charge in [0.15, 0.2) is 0 Å². The third-order valence-corrected chi connectivity index (χ3v) is 5.10. The minimum absolute atomic E-state index is 0.696. The summed E-state index contributed by atoms with van der Waals surface area (Å²) in [7, 11) is -0.220. The number of hydrogen-bond acceptors (Lipinski definition) is 4. The van der Waals surface area contributed by atoms with Gasteiger partial charge in [0.05, 0.1) is 0 Å². The number of benzene rings is 2. The van der Waals surface area contributed by atoms with Gasteiger partial charge < -0.3 is 17.7 Å². The lowest BCUT2D eigenvalue weighted by Gasteiger charge is -2.26. The zero-order valence-corrected chi connectivity index (χ0v) is 13.8. The van der Waals surface area contributed by atoms with Crippen LogP contribution in [0.25, 0.3) is 0 Å². The third kappa shape index (κ3) is 3.63. The molecule has 0 N–H and O–H groups in total. The maximum Gasteiger partial charge on any atom is 0.820 e. The van der Waals surface area contributed by atoms with Crippen molar-refractivity contribution < 1.29 is 17.7 Å². The maximum atomic E-state index is 5.96. The van der Waals surface area contributed by atoms with Gasteiger partial charge >= 0.3 is 9.05 Å². The van der Waals surface area contributed by atoms with E-state index in [1.807, 2.05) is 62.4 Å². The van der Waals surface area contributed by atoms with Gasteiger partial charge in [-0.1, -0.05) is 36.4 Å². The van der Waals surface area contributed by atoms with Crippen molar-refractivity contribution in [3.05, 3.63) is 59.7 Å². The minimum Gasteiger partial charge on any atom is -0.471 e. The molecule has 0 bridgehead atoms. The van der Waals surface area contributed by atoms with Crippen molar-refractivity contribution in [3.63, 3.8) is 0 Å². The lowest BCUT2D eigenvalue weighted by Crippen LogP contribution is -2.53. The molecule has 0 aliphatic rings. The molecule has 0 atom stereocenters. The smallest absolute Gasteiger partial charge is 0.471 e. The highest BCUT2D eigenvalue weighted by Crippen LogP contribution is 2.25. The molecule has 0 amide bonds. The van der Waals surface area contributed by atoms with Crippen LogP contribution in [0.1, 0.15) is 11.1 Å². The largest absolute Gasteiger partial charge is 0.820 e. The van der Waals surface area contributed by atoms with Crippen molar-refractivity contribution in [1.82, 2.24) is 0 Å². The molecule has 0 aliphatic carbocycles. The van der Waals surface area contributed by atoms with Crippen LogP contribution in [0.2, 0.25) is 0 Å². The summed E-state index contributed by atoms with van der Waals surface area (Å²) < 4.78 is 22.9. The van der Waals surface area contributed by atoms with Crippen molar-refractivity contribution in [2.45, 2.75) is 13.8 Å². The number of rotatable bonds is 6. The second-order valence-corrected chi connectivity index (χ2v) is 6.87. The Morgan fingerprint density at radius 2 is 1.05 bits per heavy atom. The molecule has 112 valence electrons. The fourth-order valence-corrected chi connectivity index (χ4v) is 3.42. The molecule has 0 saturated heterocycles. The summed E-state index contributed by atoms with van der Waals surface area (Å²) >= 11 is 0. The van der Waals surface area contributed by atoms with Crippen LogP contribution in [-0.4, -0.2) is 23.3 Å². The molecular weight excluding hydrogens is 284 g/mol. The van der Waals surface area contributed by atoms with Crippen LogP contribution < -0.4 is 8.85 Å². The average Bonchev–Trinajstić information content (AvgIpc) is 2.51. The lowest BCUT2D eigenvalue weighted by atomic mass is 10.2. The second kappa shape index (κ2) is 6.75. The predicted molar refractivity (Wildman–Crippen MR) is 83.4 cm³/mol. The molecule has 0 fully saturated rings. The molecule has 2 aromatic rings. The first-order valence-corrected chi connectivity index (χ1v) is 8.33. The molecule has 0 radical (unpaired) electrons. The molecule has 0 saturated carbocycles. The highest BCUT2D eigenvalue weighted by molar-refractivity contribution is 6.55. The summed E-state index contributed by atoms with van der Waals surface area (Å²) in [6.45, 7) is 3.93. The van der Waals surface area contributed by atoms with Crippen molar-refractivity contribution in [3.8, 4) is 11.5 Å². The van der Waals surface area contributed by atoms with Crippen molar-refractivity contribution in [2.75, 3.05) is 14.2 Å². The van der Waals surface area contributed by atoms with Crippen LogP contribution in [0.5, 0.6) is 11.5 Å². The Labute approximate surface area is 126 Å². The summed E-state index contributed by atoms with van der Waals surface area (Å²) in [5.74, 6) is 1.39. The summed E-state index contributed by atoms with van der Waals surface area (Å²) in [5, 5.41) is 0. The zero-order valence-electron chi connectivity index (χ0n) is 12.8. The van der Waals surface area contributed by atoms with E-state index in [1.54, 1.807) is 0 Å². The van der Waals surface area contributed by atoms with E-state index in [9.17, 15) is 0 Å². The van der Waals surface area contributed by atoms with Crippen molar-refractivity contribution >= 4 is 9.05 Å². The monoisotopic (exact) mass is 304 g/mol. The summed E-state index contributed by atoms with van der Waals surface area (Å²) in [6.07, 6.45) is 0. The fraction of sp³-hybridized carbons (Fsp3) is 0.250. The second-order valence-electron chi connectivity index (χ2n) is 4.64. The van der Waals surface area contributed by atoms with Crippen LogP contribution in [0, 0.1) is 13.8 Å². The van der Waals surface area contributed by atoms with E-state index in [0.29, 0.717) is 11.5 Å². The van der Waals surface area contributed by atoms with Gasteiger partial charge in [-0.25, -0.2) is 0 Å². The van der Waals surface area contributed by atoms with Gasteiger partial charge in [0.25, 0.3) is 0 Å². The fourth-order valence-electron chi connectivity index (χ4n) is 1.88. The van der Waals surface area contributed by atoms with Gasteiger partial charge in [0.2, 0.25) is 0 Å². The molecule has 0 unspecified atom stereocenters. The molecule has 21 heavy (non-hydrogen) atoms. The molecule has 4 nitrogen and oxygen atoms in total. The first-order chi connectivity index (χ1) is 10.1. The van der Waals surface area contributed by atoms with E-state index in [0.717, 1.165) is 11.1 Å². The van der Waals surface area contributed by atoms with Gasteiger partial charge in [-0.15, -0.1) is 0 Å². The Kier molecular flexibility index (Phi) is 5.01. The Balaban J connectivity index is 2.28. The Bertz CT molecular complexity index is 547. The first-order valence-electron chi connectivity index (χ1n) is 6.70. The quantitative estimate of drug-likeness (QED) is 0.766. The minimum atomic E-state index is -3.29. The lowest BCUT2D eigenvalue weighted by molar-refractivity contribution is 0.0820. The molecule has 0 spiro atoms.